The molecule has 1 aliphatic heterocycles. The highest BCUT2D eigenvalue weighted by molar-refractivity contribution is 6.13. The number of amides is 3. The molecule has 23 heavy (non-hydrogen) atoms. The maximum Gasteiger partial charge on any atom is 0.326 e. The molecule has 0 aromatic heterocycles. The van der Waals surface area contributed by atoms with Crippen LogP contribution in [0.15, 0.2) is 54.2 Å². The van der Waals surface area contributed by atoms with E-state index in [-0.39, 0.29) is 5.70 Å². The van der Waals surface area contributed by atoms with Gasteiger partial charge in [0.15, 0.2) is 0 Å². The third-order valence-corrected chi connectivity index (χ3v) is 3.44. The van der Waals surface area contributed by atoms with Crippen LogP contribution in [0.3, 0.4) is 0 Å². The molecular formula is C18H16N2O3. The average molecular weight is 308 g/mol. The zero-order valence-corrected chi connectivity index (χ0v) is 12.6. The lowest BCUT2D eigenvalue weighted by atomic mass is 10.1. The first kappa shape index (κ1) is 14.8. The van der Waals surface area contributed by atoms with Crippen LogP contribution in [0.5, 0.6) is 5.75 Å². The molecule has 0 spiro atoms. The third kappa shape index (κ3) is 3.77. The van der Waals surface area contributed by atoms with Crippen LogP contribution in [0, 0.1) is 6.92 Å². The molecule has 3 amide bonds. The Hall–Kier alpha value is -3.08. The van der Waals surface area contributed by atoms with Crippen molar-refractivity contribution in [2.75, 3.05) is 0 Å². The molecule has 2 aromatic rings. The summed E-state index contributed by atoms with van der Waals surface area (Å²) in [4.78, 5) is 22.5. The van der Waals surface area contributed by atoms with Crippen LogP contribution < -0.4 is 15.4 Å². The normalized spacial score (nSPS) is 15.4. The van der Waals surface area contributed by atoms with Crippen molar-refractivity contribution in [2.24, 2.45) is 0 Å². The molecular weight excluding hydrogens is 292 g/mol. The fraction of sp³-hybridized carbons (Fsp3) is 0.111. The Kier molecular flexibility index (Phi) is 4.10. The van der Waals surface area contributed by atoms with Gasteiger partial charge in [-0.3, -0.25) is 10.1 Å². The van der Waals surface area contributed by atoms with Gasteiger partial charge in [-0.1, -0.05) is 42.0 Å². The summed E-state index contributed by atoms with van der Waals surface area (Å²) >= 11 is 0. The lowest BCUT2D eigenvalue weighted by Crippen LogP contribution is -2.22. The van der Waals surface area contributed by atoms with E-state index in [1.54, 1.807) is 6.08 Å². The van der Waals surface area contributed by atoms with Crippen LogP contribution >= 0.6 is 0 Å². The van der Waals surface area contributed by atoms with Gasteiger partial charge in [0.2, 0.25) is 0 Å². The van der Waals surface area contributed by atoms with E-state index in [1.807, 2.05) is 43.3 Å². The number of ether oxygens (including phenoxy) is 1. The van der Waals surface area contributed by atoms with Crippen molar-refractivity contribution in [2.45, 2.75) is 13.5 Å². The van der Waals surface area contributed by atoms with Gasteiger partial charge in [-0.25, -0.2) is 4.79 Å². The number of aryl methyl sites for hydroxylation is 1. The molecule has 116 valence electrons. The molecule has 0 radical (unpaired) electrons. The minimum Gasteiger partial charge on any atom is -0.489 e. The highest BCUT2D eigenvalue weighted by atomic mass is 16.5. The molecule has 0 bridgehead atoms. The Labute approximate surface area is 134 Å². The van der Waals surface area contributed by atoms with Gasteiger partial charge in [0.25, 0.3) is 5.91 Å². The smallest absolute Gasteiger partial charge is 0.326 e. The molecule has 2 aromatic carbocycles. The number of benzene rings is 2. The number of carbonyl (C=O) groups excluding carboxylic acids is 2. The fourth-order valence-electron chi connectivity index (χ4n) is 2.16. The van der Waals surface area contributed by atoms with Gasteiger partial charge >= 0.3 is 6.03 Å². The van der Waals surface area contributed by atoms with E-state index in [2.05, 4.69) is 22.8 Å². The predicted octanol–water partition coefficient (Wildman–Crippen LogP) is 2.75. The van der Waals surface area contributed by atoms with E-state index < -0.39 is 11.9 Å². The number of urea groups is 1. The minimum absolute atomic E-state index is 0.239. The highest BCUT2D eigenvalue weighted by Gasteiger charge is 2.22. The number of hydrogen-bond acceptors (Lipinski definition) is 3. The number of imide groups is 1. The van der Waals surface area contributed by atoms with Crippen molar-refractivity contribution >= 4 is 18.0 Å². The summed E-state index contributed by atoms with van der Waals surface area (Å²) in [5, 5.41) is 4.61. The maximum atomic E-state index is 11.5. The Balaban J connectivity index is 1.63. The largest absolute Gasteiger partial charge is 0.489 e. The Morgan fingerprint density at radius 1 is 0.957 bits per heavy atom. The van der Waals surface area contributed by atoms with Crippen molar-refractivity contribution in [1.29, 1.82) is 0 Å². The molecule has 0 aliphatic carbocycles. The highest BCUT2D eigenvalue weighted by Crippen LogP contribution is 2.16. The quantitative estimate of drug-likeness (QED) is 0.674. The van der Waals surface area contributed by atoms with Gasteiger partial charge < -0.3 is 10.1 Å². The minimum atomic E-state index is -0.501. The number of carbonyl (C=O) groups is 2. The van der Waals surface area contributed by atoms with Crippen molar-refractivity contribution in [3.05, 3.63) is 70.9 Å². The van der Waals surface area contributed by atoms with Crippen LogP contribution in [-0.2, 0) is 11.4 Å². The summed E-state index contributed by atoms with van der Waals surface area (Å²) in [6.45, 7) is 2.55. The van der Waals surface area contributed by atoms with E-state index >= 15 is 0 Å². The third-order valence-electron chi connectivity index (χ3n) is 3.44. The Morgan fingerprint density at radius 2 is 1.65 bits per heavy atom. The van der Waals surface area contributed by atoms with Gasteiger partial charge in [-0.15, -0.1) is 0 Å². The second-order valence-electron chi connectivity index (χ2n) is 5.31. The molecule has 0 saturated carbocycles. The second kappa shape index (κ2) is 6.36. The van der Waals surface area contributed by atoms with E-state index in [0.717, 1.165) is 16.9 Å². The molecule has 1 saturated heterocycles. The van der Waals surface area contributed by atoms with Crippen molar-refractivity contribution in [1.82, 2.24) is 10.6 Å². The maximum absolute atomic E-state index is 11.5. The lowest BCUT2D eigenvalue weighted by Gasteiger charge is -2.07. The second-order valence-corrected chi connectivity index (χ2v) is 5.31. The lowest BCUT2D eigenvalue weighted by molar-refractivity contribution is -0.115. The van der Waals surface area contributed by atoms with E-state index in [0.29, 0.717) is 6.61 Å². The topological polar surface area (TPSA) is 67.4 Å². The van der Waals surface area contributed by atoms with Crippen LogP contribution in [0.2, 0.25) is 0 Å². The SMILES string of the molecule is Cc1ccc(COc2ccc(/C=C3/NC(=O)NC3=O)cc2)cc1. The summed E-state index contributed by atoms with van der Waals surface area (Å²) in [5.74, 6) is 0.322. The molecule has 0 atom stereocenters. The Morgan fingerprint density at radius 3 is 2.26 bits per heavy atom. The van der Waals surface area contributed by atoms with Gasteiger partial charge in [0, 0.05) is 0 Å². The van der Waals surface area contributed by atoms with E-state index in [1.165, 1.54) is 5.56 Å². The average Bonchev–Trinajstić information content (AvgIpc) is 2.86. The van der Waals surface area contributed by atoms with Crippen LogP contribution in [-0.4, -0.2) is 11.9 Å². The summed E-state index contributed by atoms with van der Waals surface area (Å²) in [6.07, 6.45) is 1.62. The van der Waals surface area contributed by atoms with Gasteiger partial charge in [0.1, 0.15) is 18.1 Å². The van der Waals surface area contributed by atoms with E-state index in [4.69, 9.17) is 4.74 Å². The molecule has 3 rings (SSSR count). The molecule has 1 heterocycles. The molecule has 5 nitrogen and oxygen atoms in total. The van der Waals surface area contributed by atoms with Crippen LogP contribution in [0.1, 0.15) is 16.7 Å². The van der Waals surface area contributed by atoms with Crippen molar-refractivity contribution in [3.8, 4) is 5.75 Å². The summed E-state index contributed by atoms with van der Waals surface area (Å²) < 4.78 is 5.73. The standard InChI is InChI=1S/C18H16N2O3/c1-12-2-4-14(5-3-12)11-23-15-8-6-13(7-9-15)10-16-17(21)20-18(22)19-16/h2-10H,11H2,1H3,(H2,19,20,21,22)/b16-10+. The molecule has 5 heteroatoms. The fourth-order valence-corrected chi connectivity index (χ4v) is 2.16. The molecule has 1 fully saturated rings. The molecule has 2 N–H and O–H groups in total. The number of nitrogens with one attached hydrogen (secondary N) is 2. The zero-order chi connectivity index (χ0) is 16.2. The van der Waals surface area contributed by atoms with Gasteiger partial charge in [-0.05, 0) is 36.3 Å². The number of rotatable bonds is 4. The van der Waals surface area contributed by atoms with Crippen molar-refractivity contribution < 1.29 is 14.3 Å². The zero-order valence-electron chi connectivity index (χ0n) is 12.6. The number of hydrogen-bond donors (Lipinski definition) is 2. The summed E-state index contributed by atoms with van der Waals surface area (Å²) in [5.41, 5.74) is 3.37. The predicted molar refractivity (Wildman–Crippen MR) is 86.6 cm³/mol. The molecule has 0 unspecified atom stereocenters. The van der Waals surface area contributed by atoms with Crippen LogP contribution in [0.25, 0.3) is 6.08 Å². The van der Waals surface area contributed by atoms with E-state index in [9.17, 15) is 9.59 Å². The van der Waals surface area contributed by atoms with Gasteiger partial charge in [0.05, 0.1) is 0 Å². The molecule has 1 aliphatic rings. The summed E-state index contributed by atoms with van der Waals surface area (Å²) in [7, 11) is 0. The first-order valence-electron chi connectivity index (χ1n) is 7.22. The van der Waals surface area contributed by atoms with Crippen molar-refractivity contribution in [3.63, 3.8) is 0 Å². The first-order valence-corrected chi connectivity index (χ1v) is 7.22. The monoisotopic (exact) mass is 308 g/mol. The Bertz CT molecular complexity index is 762. The summed E-state index contributed by atoms with van der Waals surface area (Å²) in [6, 6.07) is 15.0. The van der Waals surface area contributed by atoms with Crippen LogP contribution in [0.4, 0.5) is 4.79 Å². The first-order chi connectivity index (χ1) is 11.1. The van der Waals surface area contributed by atoms with Gasteiger partial charge in [-0.2, -0.15) is 0 Å².